The smallest absolute Gasteiger partial charge is 0.332 e. The van der Waals surface area contributed by atoms with Crippen molar-refractivity contribution in [1.82, 2.24) is 24.6 Å². The van der Waals surface area contributed by atoms with Crippen molar-refractivity contribution in [3.8, 4) is 0 Å². The van der Waals surface area contributed by atoms with Crippen LogP contribution >= 0.6 is 0 Å². The molecule has 0 unspecified atom stereocenters. The molecule has 1 aliphatic heterocycles. The minimum absolute atomic E-state index is 0.0522. The molecule has 0 aliphatic carbocycles. The number of H-pyrrole nitrogens is 1. The molecule has 152 valence electrons. The van der Waals surface area contributed by atoms with Crippen LogP contribution in [0.4, 0.5) is 13.2 Å². The Morgan fingerprint density at radius 3 is 2.54 bits per heavy atom. The molecule has 0 radical (unpaired) electrons. The summed E-state index contributed by atoms with van der Waals surface area (Å²) in [6.07, 6.45) is -3.31. The second-order valence-corrected chi connectivity index (χ2v) is 8.51. The van der Waals surface area contributed by atoms with Crippen molar-refractivity contribution < 1.29 is 26.4 Å². The van der Waals surface area contributed by atoms with Gasteiger partial charge in [-0.3, -0.25) is 9.89 Å². The van der Waals surface area contributed by atoms with Gasteiger partial charge in [0.25, 0.3) is 5.91 Å². The molecule has 1 amide bonds. The van der Waals surface area contributed by atoms with Crippen LogP contribution in [-0.4, -0.2) is 64.1 Å². The van der Waals surface area contributed by atoms with Gasteiger partial charge in [0, 0.05) is 25.2 Å². The molecule has 28 heavy (non-hydrogen) atoms. The quantitative estimate of drug-likeness (QED) is 0.820. The summed E-state index contributed by atoms with van der Waals surface area (Å²) < 4.78 is 65.9. The molecular formula is C16H18F3N5O3S. The van der Waals surface area contributed by atoms with Crippen molar-refractivity contribution in [1.29, 1.82) is 0 Å². The van der Waals surface area contributed by atoms with Crippen LogP contribution in [0.5, 0.6) is 0 Å². The third-order valence-corrected chi connectivity index (χ3v) is 6.57. The van der Waals surface area contributed by atoms with Crippen LogP contribution in [0.3, 0.4) is 0 Å². The number of nitrogens with one attached hydrogen (secondary N) is 1. The number of piperazine rings is 1. The number of nitrogens with zero attached hydrogens (tertiary/aromatic N) is 4. The fourth-order valence-electron chi connectivity index (χ4n) is 3.13. The average molecular weight is 417 g/mol. The number of hydrogen-bond donors (Lipinski definition) is 1. The number of carbonyl (C=O) groups excluding carboxylic acids is 1. The first-order chi connectivity index (χ1) is 13.0. The van der Waals surface area contributed by atoms with E-state index in [1.165, 1.54) is 11.1 Å². The van der Waals surface area contributed by atoms with E-state index in [-0.39, 0.29) is 18.8 Å². The fourth-order valence-corrected chi connectivity index (χ4v) is 4.88. The van der Waals surface area contributed by atoms with Gasteiger partial charge in [-0.2, -0.15) is 17.5 Å². The zero-order chi connectivity index (χ0) is 20.7. The fraction of sp³-hybridized carbons (Fsp3) is 0.438. The van der Waals surface area contributed by atoms with Crippen molar-refractivity contribution in [3.63, 3.8) is 0 Å². The summed E-state index contributed by atoms with van der Waals surface area (Å²) in [6, 6.07) is 2.51. The Hall–Kier alpha value is -2.47. The third-order valence-electron chi connectivity index (χ3n) is 4.59. The van der Waals surface area contributed by atoms with Crippen molar-refractivity contribution in [2.75, 3.05) is 13.1 Å². The molecule has 2 atom stereocenters. The second-order valence-electron chi connectivity index (χ2n) is 6.61. The predicted octanol–water partition coefficient (Wildman–Crippen LogP) is 1.75. The van der Waals surface area contributed by atoms with E-state index in [9.17, 15) is 26.4 Å². The molecule has 2 heterocycles. The van der Waals surface area contributed by atoms with Gasteiger partial charge < -0.3 is 4.90 Å². The van der Waals surface area contributed by atoms with Gasteiger partial charge in [0.05, 0.1) is 16.7 Å². The van der Waals surface area contributed by atoms with Gasteiger partial charge in [-0.1, -0.05) is 11.3 Å². The van der Waals surface area contributed by atoms with E-state index < -0.39 is 44.6 Å². The number of hydrogen-bond acceptors (Lipinski definition) is 5. The molecule has 8 nitrogen and oxygen atoms in total. The molecule has 1 N–H and O–H groups in total. The van der Waals surface area contributed by atoms with Crippen molar-refractivity contribution in [2.45, 2.75) is 37.0 Å². The molecule has 1 saturated heterocycles. The molecule has 2 aromatic rings. The molecule has 1 aliphatic rings. The molecule has 0 bridgehead atoms. The summed E-state index contributed by atoms with van der Waals surface area (Å²) in [6.45, 7) is 3.28. The SMILES string of the molecule is C[C@@H]1CN(C(=O)c2c[nH]nn2)[C@@H](C)CN1S(=O)(=O)c1cccc(C(F)(F)F)c1. The molecule has 12 heteroatoms. The normalized spacial score (nSPS) is 21.7. The van der Waals surface area contributed by atoms with Crippen LogP contribution in [0.15, 0.2) is 35.4 Å². The molecular weight excluding hydrogens is 399 g/mol. The van der Waals surface area contributed by atoms with Gasteiger partial charge in [0.2, 0.25) is 10.0 Å². The van der Waals surface area contributed by atoms with Crippen molar-refractivity contribution in [2.24, 2.45) is 0 Å². The topological polar surface area (TPSA) is 99.3 Å². The highest BCUT2D eigenvalue weighted by Crippen LogP contribution is 2.32. The van der Waals surface area contributed by atoms with Crippen molar-refractivity contribution in [3.05, 3.63) is 41.7 Å². The molecule has 3 rings (SSSR count). The largest absolute Gasteiger partial charge is 0.416 e. The van der Waals surface area contributed by atoms with Crippen LogP contribution in [0.2, 0.25) is 0 Å². The van der Waals surface area contributed by atoms with Gasteiger partial charge in [0.1, 0.15) is 0 Å². The summed E-state index contributed by atoms with van der Waals surface area (Å²) in [5, 5.41) is 9.59. The Balaban J connectivity index is 1.86. The van der Waals surface area contributed by atoms with E-state index >= 15 is 0 Å². The zero-order valence-electron chi connectivity index (χ0n) is 15.0. The lowest BCUT2D eigenvalue weighted by Crippen LogP contribution is -2.59. The maximum Gasteiger partial charge on any atom is 0.416 e. The van der Waals surface area contributed by atoms with Crippen LogP contribution in [-0.2, 0) is 16.2 Å². The van der Waals surface area contributed by atoms with Crippen molar-refractivity contribution >= 4 is 15.9 Å². The van der Waals surface area contributed by atoms with Gasteiger partial charge in [-0.15, -0.1) is 5.10 Å². The van der Waals surface area contributed by atoms with E-state index in [0.29, 0.717) is 6.07 Å². The number of aromatic nitrogens is 3. The van der Waals surface area contributed by atoms with E-state index in [1.54, 1.807) is 13.8 Å². The highest BCUT2D eigenvalue weighted by atomic mass is 32.2. The lowest BCUT2D eigenvalue weighted by atomic mass is 10.1. The van der Waals surface area contributed by atoms with E-state index in [4.69, 9.17) is 0 Å². The number of aromatic amines is 1. The first kappa shape index (κ1) is 20.3. The number of carbonyl (C=O) groups is 1. The summed E-state index contributed by atoms with van der Waals surface area (Å²) in [4.78, 5) is 13.5. The summed E-state index contributed by atoms with van der Waals surface area (Å²) in [5.74, 6) is -0.399. The van der Waals surface area contributed by atoms with E-state index in [2.05, 4.69) is 15.4 Å². The molecule has 1 aromatic heterocycles. The highest BCUT2D eigenvalue weighted by molar-refractivity contribution is 7.89. The summed E-state index contributed by atoms with van der Waals surface area (Å²) in [5.41, 5.74) is -0.928. The molecule has 0 spiro atoms. The van der Waals surface area contributed by atoms with Crippen LogP contribution in [0.1, 0.15) is 29.9 Å². The lowest BCUT2D eigenvalue weighted by Gasteiger charge is -2.42. The Morgan fingerprint density at radius 1 is 1.21 bits per heavy atom. The molecule has 1 fully saturated rings. The highest BCUT2D eigenvalue weighted by Gasteiger charge is 2.40. The van der Waals surface area contributed by atoms with Gasteiger partial charge in [-0.25, -0.2) is 8.42 Å². The number of amides is 1. The number of benzene rings is 1. The van der Waals surface area contributed by atoms with E-state index in [1.807, 2.05) is 0 Å². The zero-order valence-corrected chi connectivity index (χ0v) is 15.8. The second kappa shape index (κ2) is 7.17. The van der Waals surface area contributed by atoms with E-state index in [0.717, 1.165) is 22.5 Å². The minimum atomic E-state index is -4.65. The summed E-state index contributed by atoms with van der Waals surface area (Å²) >= 11 is 0. The van der Waals surface area contributed by atoms with Crippen LogP contribution in [0.25, 0.3) is 0 Å². The Morgan fingerprint density at radius 2 is 1.93 bits per heavy atom. The average Bonchev–Trinajstić information content (AvgIpc) is 3.16. The summed E-state index contributed by atoms with van der Waals surface area (Å²) in [7, 11) is -4.17. The lowest BCUT2D eigenvalue weighted by molar-refractivity contribution is -0.137. The first-order valence-electron chi connectivity index (χ1n) is 8.38. The first-order valence-corrected chi connectivity index (χ1v) is 9.82. The Kier molecular flexibility index (Phi) is 5.19. The van der Waals surface area contributed by atoms with Gasteiger partial charge in [0.15, 0.2) is 5.69 Å². The number of sulfonamides is 1. The Labute approximate surface area is 159 Å². The third kappa shape index (κ3) is 3.74. The Bertz CT molecular complexity index is 962. The maximum atomic E-state index is 13.0. The van der Waals surface area contributed by atoms with Gasteiger partial charge in [-0.05, 0) is 32.0 Å². The number of alkyl halides is 3. The van der Waals surface area contributed by atoms with Crippen LogP contribution in [0, 0.1) is 0 Å². The standard InChI is InChI=1S/C16H18F3N5O3S/c1-10-9-24(11(2)8-23(10)15(25)14-7-20-22-21-14)28(26,27)13-5-3-4-12(6-13)16(17,18)19/h3-7,10-11H,8-9H2,1-2H3,(H,20,21,22)/t10-,11+/m0/s1. The number of halogens is 3. The molecule has 1 aromatic carbocycles. The van der Waals surface area contributed by atoms with Gasteiger partial charge >= 0.3 is 6.18 Å². The molecule has 0 saturated carbocycles. The minimum Gasteiger partial charge on any atom is -0.332 e. The maximum absolute atomic E-state index is 13.0. The monoisotopic (exact) mass is 417 g/mol. The van der Waals surface area contributed by atoms with Crippen LogP contribution < -0.4 is 0 Å². The predicted molar refractivity (Wildman–Crippen MR) is 91.7 cm³/mol. The number of rotatable bonds is 3.